The summed E-state index contributed by atoms with van der Waals surface area (Å²) >= 11 is 0. The number of allylic oxidation sites excluding steroid dienone is 3. The Bertz CT molecular complexity index is 607. The van der Waals surface area contributed by atoms with Crippen molar-refractivity contribution in [2.24, 2.45) is 5.41 Å². The number of hydrogen-bond acceptors (Lipinski definition) is 3. The van der Waals surface area contributed by atoms with Crippen molar-refractivity contribution < 1.29 is 14.6 Å². The Labute approximate surface area is 119 Å². The van der Waals surface area contributed by atoms with E-state index in [4.69, 9.17) is 4.74 Å². The van der Waals surface area contributed by atoms with E-state index >= 15 is 0 Å². The number of phenolic OH excluding ortho intramolecular Hbond substituents is 1. The lowest BCUT2D eigenvalue weighted by molar-refractivity contribution is -0.112. The molecule has 0 radical (unpaired) electrons. The number of ketones is 1. The molecule has 1 aliphatic carbocycles. The Morgan fingerprint density at radius 3 is 2.65 bits per heavy atom. The number of rotatable bonds is 2. The highest BCUT2D eigenvalue weighted by Crippen LogP contribution is 2.39. The van der Waals surface area contributed by atoms with Gasteiger partial charge in [0, 0.05) is 5.57 Å². The van der Waals surface area contributed by atoms with Crippen LogP contribution in [0.5, 0.6) is 11.5 Å². The molecule has 3 nitrogen and oxygen atoms in total. The molecular weight excluding hydrogens is 252 g/mol. The summed E-state index contributed by atoms with van der Waals surface area (Å²) in [4.78, 5) is 12.2. The summed E-state index contributed by atoms with van der Waals surface area (Å²) in [6, 6.07) is 5.09. The van der Waals surface area contributed by atoms with Crippen LogP contribution in [0.1, 0.15) is 32.8 Å². The molecule has 0 bridgehead atoms. The fraction of sp³-hybridized carbons (Fsp3) is 0.353. The van der Waals surface area contributed by atoms with Gasteiger partial charge in [-0.2, -0.15) is 0 Å². The minimum Gasteiger partial charge on any atom is -0.504 e. The Morgan fingerprint density at radius 2 is 2.05 bits per heavy atom. The Kier molecular flexibility index (Phi) is 3.71. The summed E-state index contributed by atoms with van der Waals surface area (Å²) in [5, 5.41) is 9.61. The van der Waals surface area contributed by atoms with E-state index in [0.717, 1.165) is 23.1 Å². The Balaban J connectivity index is 2.46. The van der Waals surface area contributed by atoms with Crippen LogP contribution in [0.3, 0.4) is 0 Å². The molecule has 0 aromatic heterocycles. The molecule has 0 saturated carbocycles. The van der Waals surface area contributed by atoms with Crippen LogP contribution < -0.4 is 4.74 Å². The van der Waals surface area contributed by atoms with E-state index in [1.807, 2.05) is 13.0 Å². The van der Waals surface area contributed by atoms with E-state index in [-0.39, 0.29) is 16.9 Å². The molecule has 1 aromatic rings. The maximum atomic E-state index is 12.2. The van der Waals surface area contributed by atoms with Gasteiger partial charge in [-0.25, -0.2) is 0 Å². The Hall–Kier alpha value is -2.03. The smallest absolute Gasteiger partial charge is 0.182 e. The molecular formula is C17H20O3. The van der Waals surface area contributed by atoms with Crippen LogP contribution >= 0.6 is 0 Å². The lowest BCUT2D eigenvalue weighted by atomic mass is 9.72. The molecule has 0 saturated heterocycles. The van der Waals surface area contributed by atoms with Crippen LogP contribution in [-0.2, 0) is 4.79 Å². The van der Waals surface area contributed by atoms with Gasteiger partial charge in [0.15, 0.2) is 17.3 Å². The highest BCUT2D eigenvalue weighted by atomic mass is 16.5. The van der Waals surface area contributed by atoms with Crippen LogP contribution in [0, 0.1) is 5.41 Å². The van der Waals surface area contributed by atoms with E-state index in [0.29, 0.717) is 5.75 Å². The summed E-state index contributed by atoms with van der Waals surface area (Å²) in [7, 11) is 1.51. The average Bonchev–Trinajstić information content (AvgIpc) is 2.34. The van der Waals surface area contributed by atoms with Gasteiger partial charge < -0.3 is 9.84 Å². The third-order valence-corrected chi connectivity index (χ3v) is 3.61. The van der Waals surface area contributed by atoms with Crippen molar-refractivity contribution >= 4 is 11.9 Å². The minimum absolute atomic E-state index is 0.0609. The van der Waals surface area contributed by atoms with Gasteiger partial charge in [0.05, 0.1) is 7.11 Å². The normalized spacial score (nSPS) is 19.9. The van der Waals surface area contributed by atoms with Gasteiger partial charge in [-0.3, -0.25) is 4.79 Å². The van der Waals surface area contributed by atoms with Crippen LogP contribution in [-0.4, -0.2) is 18.0 Å². The molecule has 0 spiro atoms. The zero-order valence-corrected chi connectivity index (χ0v) is 12.4. The van der Waals surface area contributed by atoms with Gasteiger partial charge >= 0.3 is 0 Å². The fourth-order valence-corrected chi connectivity index (χ4v) is 2.70. The average molecular weight is 272 g/mol. The second-order valence-corrected chi connectivity index (χ2v) is 5.90. The number of carbonyl (C=O) groups is 1. The number of phenols is 1. The molecule has 0 heterocycles. The van der Waals surface area contributed by atoms with Crippen molar-refractivity contribution in [3.05, 3.63) is 41.0 Å². The first-order valence-corrected chi connectivity index (χ1v) is 6.64. The molecule has 0 fully saturated rings. The first-order chi connectivity index (χ1) is 9.33. The van der Waals surface area contributed by atoms with E-state index in [2.05, 4.69) is 13.8 Å². The van der Waals surface area contributed by atoms with Crippen molar-refractivity contribution in [2.75, 3.05) is 7.11 Å². The van der Waals surface area contributed by atoms with Crippen molar-refractivity contribution in [1.29, 1.82) is 0 Å². The number of aromatic hydroxyl groups is 1. The third kappa shape index (κ3) is 2.77. The van der Waals surface area contributed by atoms with E-state index in [1.165, 1.54) is 7.11 Å². The molecule has 0 amide bonds. The molecule has 2 rings (SSSR count). The molecule has 0 aliphatic heterocycles. The summed E-state index contributed by atoms with van der Waals surface area (Å²) in [5.74, 6) is 0.567. The van der Waals surface area contributed by atoms with Crippen LogP contribution in [0.25, 0.3) is 6.08 Å². The second-order valence-electron chi connectivity index (χ2n) is 5.90. The first kappa shape index (κ1) is 14.4. The molecule has 0 atom stereocenters. The number of ether oxygens (including phenoxy) is 1. The largest absolute Gasteiger partial charge is 0.504 e. The summed E-state index contributed by atoms with van der Waals surface area (Å²) < 4.78 is 5.09. The number of carbonyl (C=O) groups excluding carboxylic acids is 1. The molecule has 1 N–H and O–H groups in total. The van der Waals surface area contributed by atoms with E-state index < -0.39 is 0 Å². The molecule has 106 valence electrons. The van der Waals surface area contributed by atoms with Crippen LogP contribution in [0.4, 0.5) is 0 Å². The highest BCUT2D eigenvalue weighted by Gasteiger charge is 2.31. The lowest BCUT2D eigenvalue weighted by Gasteiger charge is -2.31. The van der Waals surface area contributed by atoms with Crippen LogP contribution in [0.2, 0.25) is 0 Å². The first-order valence-electron chi connectivity index (χ1n) is 6.64. The predicted molar refractivity (Wildman–Crippen MR) is 79.8 cm³/mol. The molecule has 20 heavy (non-hydrogen) atoms. The number of methoxy groups -OCH3 is 1. The van der Waals surface area contributed by atoms with Crippen molar-refractivity contribution in [2.45, 2.75) is 27.2 Å². The standard InChI is InChI=1S/C17H20O3/c1-11-7-15(19)13(17(2,3)10-11)8-12-5-6-14(18)16(9-12)20-4/h5-9,18H,10H2,1-4H3/b13-8-. The van der Waals surface area contributed by atoms with Crippen molar-refractivity contribution in [1.82, 2.24) is 0 Å². The quantitative estimate of drug-likeness (QED) is 0.834. The van der Waals surface area contributed by atoms with Gasteiger partial charge in [-0.1, -0.05) is 25.5 Å². The van der Waals surface area contributed by atoms with E-state index in [1.54, 1.807) is 24.3 Å². The highest BCUT2D eigenvalue weighted by molar-refractivity contribution is 6.09. The SMILES string of the molecule is COc1cc(/C=C2/C(=O)C=C(C)CC2(C)C)ccc1O. The third-order valence-electron chi connectivity index (χ3n) is 3.61. The molecule has 1 aliphatic rings. The monoisotopic (exact) mass is 272 g/mol. The number of benzene rings is 1. The summed E-state index contributed by atoms with van der Waals surface area (Å²) in [5.41, 5.74) is 2.57. The predicted octanol–water partition coefficient (Wildman–Crippen LogP) is 3.73. The molecule has 0 unspecified atom stereocenters. The van der Waals surface area contributed by atoms with Crippen molar-refractivity contribution in [3.8, 4) is 11.5 Å². The van der Waals surface area contributed by atoms with Gasteiger partial charge in [-0.05, 0) is 48.6 Å². The summed E-state index contributed by atoms with van der Waals surface area (Å²) in [6.07, 6.45) is 4.46. The molecule has 3 heteroatoms. The minimum atomic E-state index is -0.180. The van der Waals surface area contributed by atoms with Gasteiger partial charge in [-0.15, -0.1) is 0 Å². The lowest BCUT2D eigenvalue weighted by Crippen LogP contribution is -2.25. The van der Waals surface area contributed by atoms with Gasteiger partial charge in [0.1, 0.15) is 0 Å². The van der Waals surface area contributed by atoms with Crippen LogP contribution in [0.15, 0.2) is 35.4 Å². The Morgan fingerprint density at radius 1 is 1.35 bits per heavy atom. The fourth-order valence-electron chi connectivity index (χ4n) is 2.70. The maximum Gasteiger partial charge on any atom is 0.182 e. The zero-order valence-electron chi connectivity index (χ0n) is 12.4. The number of hydrogen-bond donors (Lipinski definition) is 1. The topological polar surface area (TPSA) is 46.5 Å². The van der Waals surface area contributed by atoms with Gasteiger partial charge in [0.25, 0.3) is 0 Å². The summed E-state index contributed by atoms with van der Waals surface area (Å²) in [6.45, 7) is 6.13. The van der Waals surface area contributed by atoms with Crippen molar-refractivity contribution in [3.63, 3.8) is 0 Å². The van der Waals surface area contributed by atoms with E-state index in [9.17, 15) is 9.90 Å². The van der Waals surface area contributed by atoms with Gasteiger partial charge in [0.2, 0.25) is 0 Å². The molecule has 1 aromatic carbocycles. The zero-order chi connectivity index (χ0) is 14.9. The maximum absolute atomic E-state index is 12.2. The second kappa shape index (κ2) is 5.16.